The van der Waals surface area contributed by atoms with Crippen LogP contribution >= 0.6 is 0 Å². The number of carbonyl (C=O) groups is 2. The Hall–Kier alpha value is -2.30. The van der Waals surface area contributed by atoms with E-state index in [0.717, 1.165) is 44.0 Å². The molecule has 4 fully saturated rings. The number of hydrogen-bond donors (Lipinski definition) is 3. The van der Waals surface area contributed by atoms with Crippen molar-refractivity contribution >= 4 is 22.7 Å². The van der Waals surface area contributed by atoms with Gasteiger partial charge >= 0.3 is 0 Å². The number of nitrogens with one attached hydrogen (secondary N) is 3. The van der Waals surface area contributed by atoms with Gasteiger partial charge in [0.15, 0.2) is 0 Å². The first-order valence-corrected chi connectivity index (χ1v) is 10.6. The Bertz CT molecular complexity index is 917. The van der Waals surface area contributed by atoms with Crippen LogP contribution in [-0.4, -0.2) is 28.9 Å². The van der Waals surface area contributed by atoms with Crippen LogP contribution in [0.1, 0.15) is 51.0 Å². The Morgan fingerprint density at radius 3 is 2.64 bits per heavy atom. The molecule has 1 aromatic carbocycles. The van der Waals surface area contributed by atoms with Gasteiger partial charge in [-0.1, -0.05) is 18.2 Å². The van der Waals surface area contributed by atoms with Crippen LogP contribution < -0.4 is 10.6 Å². The van der Waals surface area contributed by atoms with Crippen molar-refractivity contribution in [2.75, 3.05) is 6.54 Å². The fourth-order valence-electron chi connectivity index (χ4n) is 6.88. The molecule has 6 rings (SSSR count). The molecule has 28 heavy (non-hydrogen) atoms. The van der Waals surface area contributed by atoms with Crippen molar-refractivity contribution in [3.63, 3.8) is 0 Å². The molecular formula is C23H29N3O2. The van der Waals surface area contributed by atoms with Gasteiger partial charge in [0.25, 0.3) is 0 Å². The van der Waals surface area contributed by atoms with Crippen LogP contribution in [0.25, 0.3) is 10.9 Å². The van der Waals surface area contributed by atoms with Crippen LogP contribution in [-0.2, 0) is 16.0 Å². The first-order chi connectivity index (χ1) is 13.5. The summed E-state index contributed by atoms with van der Waals surface area (Å²) in [5, 5.41) is 7.72. The summed E-state index contributed by atoms with van der Waals surface area (Å²) in [6, 6.07) is 8.28. The quantitative estimate of drug-likeness (QED) is 0.746. The van der Waals surface area contributed by atoms with E-state index in [2.05, 4.69) is 33.8 Å². The van der Waals surface area contributed by atoms with E-state index in [0.29, 0.717) is 18.4 Å². The molecular weight excluding hydrogens is 350 g/mol. The zero-order valence-corrected chi connectivity index (χ0v) is 16.5. The molecule has 0 radical (unpaired) electrons. The van der Waals surface area contributed by atoms with Gasteiger partial charge in [-0.3, -0.25) is 9.59 Å². The highest BCUT2D eigenvalue weighted by Gasteiger charge is 2.60. The minimum atomic E-state index is -0.285. The van der Waals surface area contributed by atoms with Crippen molar-refractivity contribution in [2.45, 2.75) is 57.4 Å². The highest BCUT2D eigenvalue weighted by atomic mass is 16.2. The van der Waals surface area contributed by atoms with E-state index in [9.17, 15) is 9.59 Å². The summed E-state index contributed by atoms with van der Waals surface area (Å²) in [4.78, 5) is 28.4. The van der Waals surface area contributed by atoms with Crippen LogP contribution in [0.2, 0.25) is 0 Å². The third-order valence-corrected chi connectivity index (χ3v) is 7.34. The molecule has 2 atom stereocenters. The lowest BCUT2D eigenvalue weighted by Gasteiger charge is -2.61. The number of fused-ring (bicyclic) bond motifs is 1. The number of para-hydroxylation sites is 1. The first-order valence-electron chi connectivity index (χ1n) is 10.6. The van der Waals surface area contributed by atoms with E-state index in [1.165, 1.54) is 17.4 Å². The van der Waals surface area contributed by atoms with Gasteiger partial charge in [-0.2, -0.15) is 0 Å². The highest BCUT2D eigenvalue weighted by Crippen LogP contribution is 2.61. The van der Waals surface area contributed by atoms with Crippen molar-refractivity contribution < 1.29 is 9.59 Å². The van der Waals surface area contributed by atoms with E-state index in [1.54, 1.807) is 6.92 Å². The zero-order chi connectivity index (χ0) is 19.4. The lowest BCUT2D eigenvalue weighted by Crippen LogP contribution is -2.65. The number of amides is 2. The van der Waals surface area contributed by atoms with E-state index in [-0.39, 0.29) is 22.8 Å². The highest BCUT2D eigenvalue weighted by molar-refractivity contribution is 5.85. The summed E-state index contributed by atoms with van der Waals surface area (Å²) in [5.74, 6) is 1.40. The molecule has 4 aliphatic rings. The van der Waals surface area contributed by atoms with Crippen molar-refractivity contribution in [3.05, 3.63) is 36.0 Å². The molecule has 2 amide bonds. The number of benzene rings is 1. The Morgan fingerprint density at radius 2 is 1.89 bits per heavy atom. The number of carbonyl (C=O) groups excluding carboxylic acids is 2. The van der Waals surface area contributed by atoms with Gasteiger partial charge in [-0.05, 0) is 68.4 Å². The molecule has 4 bridgehead atoms. The fraction of sp³-hybridized carbons (Fsp3) is 0.565. The molecule has 4 saturated carbocycles. The van der Waals surface area contributed by atoms with Crippen LogP contribution in [0.4, 0.5) is 0 Å². The molecule has 1 heterocycles. The lowest BCUT2D eigenvalue weighted by molar-refractivity contribution is -0.153. The Balaban J connectivity index is 1.28. The lowest BCUT2D eigenvalue weighted by atomic mass is 9.46. The van der Waals surface area contributed by atoms with E-state index < -0.39 is 0 Å². The number of aromatic nitrogens is 1. The summed E-state index contributed by atoms with van der Waals surface area (Å²) in [7, 11) is 0. The Morgan fingerprint density at radius 1 is 1.14 bits per heavy atom. The topological polar surface area (TPSA) is 74.0 Å². The molecule has 0 aliphatic heterocycles. The molecule has 5 heteroatoms. The monoisotopic (exact) mass is 379 g/mol. The third-order valence-electron chi connectivity index (χ3n) is 7.34. The van der Waals surface area contributed by atoms with Crippen molar-refractivity contribution in [1.29, 1.82) is 0 Å². The Kier molecular flexibility index (Phi) is 4.04. The van der Waals surface area contributed by atoms with Gasteiger partial charge in [0.05, 0.1) is 5.41 Å². The molecule has 0 spiro atoms. The maximum atomic E-state index is 13.3. The zero-order valence-electron chi connectivity index (χ0n) is 16.5. The standard InChI is InChI=1S/C23H29N3O2/c1-15(27)26-23-11-16-8-17(12-23)10-22(9-16,14-23)21(28)24-7-6-18-13-25-20-5-3-2-4-19(18)20/h2-5,13,16-17,25H,6-12,14H2,1H3,(H,24,28)(H,26,27)/t16-,17-,22?,23?/m1/s1. The number of rotatable bonds is 5. The number of hydrogen-bond acceptors (Lipinski definition) is 2. The van der Waals surface area contributed by atoms with Gasteiger partial charge in [0.1, 0.15) is 0 Å². The minimum absolute atomic E-state index is 0.0387. The van der Waals surface area contributed by atoms with Crippen molar-refractivity contribution in [2.24, 2.45) is 17.3 Å². The van der Waals surface area contributed by atoms with Crippen LogP contribution in [0, 0.1) is 17.3 Å². The summed E-state index contributed by atoms with van der Waals surface area (Å²) < 4.78 is 0. The molecule has 4 aliphatic carbocycles. The molecule has 1 aromatic heterocycles. The first kappa shape index (κ1) is 17.8. The number of aromatic amines is 1. The average Bonchev–Trinajstić information content (AvgIpc) is 3.03. The summed E-state index contributed by atoms with van der Waals surface area (Å²) in [5.41, 5.74) is 1.95. The van der Waals surface area contributed by atoms with Crippen molar-refractivity contribution in [1.82, 2.24) is 15.6 Å². The predicted octanol–water partition coefficient (Wildman–Crippen LogP) is 3.30. The second-order valence-electron chi connectivity index (χ2n) is 9.57. The van der Waals surface area contributed by atoms with Gasteiger partial charge in [-0.25, -0.2) is 0 Å². The second kappa shape index (κ2) is 6.36. The van der Waals surface area contributed by atoms with E-state index in [1.807, 2.05) is 12.3 Å². The molecule has 3 N–H and O–H groups in total. The third kappa shape index (κ3) is 2.92. The number of H-pyrrole nitrogens is 1. The normalized spacial score (nSPS) is 33.2. The molecule has 0 saturated heterocycles. The van der Waals surface area contributed by atoms with E-state index >= 15 is 0 Å². The Labute approximate surface area is 165 Å². The van der Waals surface area contributed by atoms with E-state index in [4.69, 9.17) is 0 Å². The van der Waals surface area contributed by atoms with Gasteiger partial charge in [0.2, 0.25) is 11.8 Å². The van der Waals surface area contributed by atoms with Crippen LogP contribution in [0.5, 0.6) is 0 Å². The summed E-state index contributed by atoms with van der Waals surface area (Å²) in [6.45, 7) is 2.26. The largest absolute Gasteiger partial charge is 0.361 e. The summed E-state index contributed by atoms with van der Waals surface area (Å²) in [6.07, 6.45) is 8.99. The van der Waals surface area contributed by atoms with Crippen molar-refractivity contribution in [3.8, 4) is 0 Å². The average molecular weight is 380 g/mol. The molecule has 148 valence electrons. The maximum absolute atomic E-state index is 13.3. The minimum Gasteiger partial charge on any atom is -0.361 e. The SMILES string of the molecule is CC(=O)NC12C[C@@H]3C[C@@H](C1)CC(C(=O)NCCc1c[nH]c4ccccc14)(C3)C2. The molecule has 5 nitrogen and oxygen atoms in total. The van der Waals surface area contributed by atoms with Gasteiger partial charge in [0, 0.05) is 36.1 Å². The van der Waals surface area contributed by atoms with Crippen LogP contribution in [0.15, 0.2) is 30.5 Å². The fourth-order valence-corrected chi connectivity index (χ4v) is 6.88. The van der Waals surface area contributed by atoms with Gasteiger partial charge < -0.3 is 15.6 Å². The molecule has 0 unspecified atom stereocenters. The second-order valence-corrected chi connectivity index (χ2v) is 9.57. The van der Waals surface area contributed by atoms with Gasteiger partial charge in [-0.15, -0.1) is 0 Å². The summed E-state index contributed by atoms with van der Waals surface area (Å²) >= 11 is 0. The van der Waals surface area contributed by atoms with Crippen LogP contribution in [0.3, 0.4) is 0 Å². The molecule has 2 aromatic rings. The smallest absolute Gasteiger partial charge is 0.226 e. The predicted molar refractivity (Wildman–Crippen MR) is 109 cm³/mol. The maximum Gasteiger partial charge on any atom is 0.226 e.